The molecule has 2 unspecified atom stereocenters. The van der Waals surface area contributed by atoms with Gasteiger partial charge in [0.1, 0.15) is 0 Å². The van der Waals surface area contributed by atoms with Crippen molar-refractivity contribution in [2.24, 2.45) is 0 Å². The van der Waals surface area contributed by atoms with E-state index in [1.54, 1.807) is 18.4 Å². The summed E-state index contributed by atoms with van der Waals surface area (Å²) in [6.07, 6.45) is 3.05. The Morgan fingerprint density at radius 2 is 2.38 bits per heavy atom. The lowest BCUT2D eigenvalue weighted by Crippen LogP contribution is -2.21. The minimum absolute atomic E-state index is 0.0171. The second-order valence-corrected chi connectivity index (χ2v) is 5.20. The number of pyridine rings is 1. The monoisotopic (exact) mass is 242 g/mol. The Bertz CT molecular complexity index is 409. The van der Waals surface area contributed by atoms with Gasteiger partial charge in [-0.25, -0.2) is 9.78 Å². The highest BCUT2D eigenvalue weighted by Crippen LogP contribution is 2.12. The van der Waals surface area contributed by atoms with Crippen LogP contribution in [0.1, 0.15) is 17.4 Å². The fourth-order valence-corrected chi connectivity index (χ4v) is 1.41. The lowest BCUT2D eigenvalue weighted by Gasteiger charge is -2.12. The van der Waals surface area contributed by atoms with E-state index in [4.69, 9.17) is 5.11 Å². The molecule has 0 saturated heterocycles. The van der Waals surface area contributed by atoms with Gasteiger partial charge in [-0.15, -0.1) is 0 Å². The smallest absolute Gasteiger partial charge is 0.356 e. The summed E-state index contributed by atoms with van der Waals surface area (Å²) in [6, 6.07) is 3.30. The molecule has 0 saturated carbocycles. The van der Waals surface area contributed by atoms with E-state index in [0.717, 1.165) is 0 Å². The standard InChI is InChI=1S/C10H14N2O3S/c1-7(16(2)15)6-12-8-4-3-5-11-9(8)10(13)14/h3-5,7,12H,6H2,1-2H3,(H,13,14). The van der Waals surface area contributed by atoms with Gasteiger partial charge in [0.05, 0.1) is 5.69 Å². The zero-order valence-electron chi connectivity index (χ0n) is 9.14. The summed E-state index contributed by atoms with van der Waals surface area (Å²) in [7, 11) is -0.932. The maximum atomic E-state index is 11.1. The van der Waals surface area contributed by atoms with Crippen molar-refractivity contribution < 1.29 is 14.1 Å². The number of aromatic carboxylic acids is 1. The molecule has 16 heavy (non-hydrogen) atoms. The molecule has 1 heterocycles. The molecular weight excluding hydrogens is 228 g/mol. The first-order chi connectivity index (χ1) is 7.52. The Labute approximate surface area is 96.4 Å². The summed E-state index contributed by atoms with van der Waals surface area (Å²) < 4.78 is 11.1. The lowest BCUT2D eigenvalue weighted by molar-refractivity contribution is 0.0691. The van der Waals surface area contributed by atoms with Crippen LogP contribution in [0, 0.1) is 0 Å². The van der Waals surface area contributed by atoms with Crippen molar-refractivity contribution in [3.05, 3.63) is 24.0 Å². The van der Waals surface area contributed by atoms with Gasteiger partial charge in [-0.3, -0.25) is 4.21 Å². The van der Waals surface area contributed by atoms with Gasteiger partial charge in [-0.1, -0.05) is 0 Å². The van der Waals surface area contributed by atoms with Crippen LogP contribution in [-0.2, 0) is 10.8 Å². The average molecular weight is 242 g/mol. The SMILES string of the molecule is CC(CNc1cccnc1C(=O)O)S(C)=O. The molecule has 5 nitrogen and oxygen atoms in total. The van der Waals surface area contributed by atoms with Crippen LogP contribution in [0.15, 0.2) is 18.3 Å². The van der Waals surface area contributed by atoms with E-state index in [2.05, 4.69) is 10.3 Å². The molecular formula is C10H14N2O3S. The highest BCUT2D eigenvalue weighted by atomic mass is 32.2. The zero-order chi connectivity index (χ0) is 12.1. The van der Waals surface area contributed by atoms with E-state index in [1.165, 1.54) is 6.20 Å². The van der Waals surface area contributed by atoms with Crippen molar-refractivity contribution in [3.8, 4) is 0 Å². The molecule has 0 spiro atoms. The number of nitrogens with zero attached hydrogens (tertiary/aromatic N) is 1. The van der Waals surface area contributed by atoms with Crippen LogP contribution in [0.5, 0.6) is 0 Å². The number of carboxylic acid groups (broad SMARTS) is 1. The number of anilines is 1. The highest BCUT2D eigenvalue weighted by Gasteiger charge is 2.12. The largest absolute Gasteiger partial charge is 0.476 e. The number of aromatic nitrogens is 1. The van der Waals surface area contributed by atoms with E-state index in [-0.39, 0.29) is 10.9 Å². The number of nitrogens with one attached hydrogen (secondary N) is 1. The van der Waals surface area contributed by atoms with Crippen LogP contribution in [-0.4, -0.2) is 38.3 Å². The maximum absolute atomic E-state index is 11.1. The Morgan fingerprint density at radius 1 is 1.69 bits per heavy atom. The van der Waals surface area contributed by atoms with Gasteiger partial charge in [0.2, 0.25) is 0 Å². The topological polar surface area (TPSA) is 79.3 Å². The third-order valence-corrected chi connectivity index (χ3v) is 3.46. The summed E-state index contributed by atoms with van der Waals surface area (Å²) in [4.78, 5) is 14.6. The predicted molar refractivity (Wildman–Crippen MR) is 63.2 cm³/mol. The van der Waals surface area contributed by atoms with Crippen LogP contribution in [0.3, 0.4) is 0 Å². The van der Waals surface area contributed by atoms with Crippen molar-refractivity contribution in [2.75, 3.05) is 18.1 Å². The Morgan fingerprint density at radius 3 is 2.94 bits per heavy atom. The molecule has 0 aliphatic heterocycles. The fourth-order valence-electron chi connectivity index (χ4n) is 1.09. The number of carboxylic acids is 1. The zero-order valence-corrected chi connectivity index (χ0v) is 9.95. The molecule has 0 aliphatic carbocycles. The van der Waals surface area contributed by atoms with Crippen molar-refractivity contribution in [2.45, 2.75) is 12.2 Å². The molecule has 1 aromatic heterocycles. The second kappa shape index (κ2) is 5.60. The number of rotatable bonds is 5. The minimum atomic E-state index is -1.08. The summed E-state index contributed by atoms with van der Waals surface area (Å²) in [6.45, 7) is 2.29. The molecule has 1 rings (SSSR count). The molecule has 0 amide bonds. The lowest BCUT2D eigenvalue weighted by atomic mass is 10.3. The summed E-state index contributed by atoms with van der Waals surface area (Å²) >= 11 is 0. The summed E-state index contributed by atoms with van der Waals surface area (Å²) in [5.41, 5.74) is 0.434. The van der Waals surface area contributed by atoms with Gasteiger partial charge in [0, 0.05) is 35.0 Å². The molecule has 0 fully saturated rings. The normalized spacial score (nSPS) is 14.1. The van der Waals surface area contributed by atoms with Crippen molar-refractivity contribution >= 4 is 22.5 Å². The van der Waals surface area contributed by atoms with Crippen LogP contribution < -0.4 is 5.32 Å². The second-order valence-electron chi connectivity index (χ2n) is 3.39. The first-order valence-corrected chi connectivity index (χ1v) is 6.39. The third-order valence-electron chi connectivity index (χ3n) is 2.16. The van der Waals surface area contributed by atoms with Crippen molar-refractivity contribution in [1.82, 2.24) is 4.98 Å². The van der Waals surface area contributed by atoms with E-state index in [1.807, 2.05) is 6.92 Å². The Hall–Kier alpha value is -1.43. The van der Waals surface area contributed by atoms with Gasteiger partial charge in [-0.05, 0) is 19.1 Å². The van der Waals surface area contributed by atoms with Crippen LogP contribution in [0.2, 0.25) is 0 Å². The first-order valence-electron chi connectivity index (χ1n) is 4.76. The van der Waals surface area contributed by atoms with Gasteiger partial charge in [-0.2, -0.15) is 0 Å². The first kappa shape index (κ1) is 12.6. The van der Waals surface area contributed by atoms with Gasteiger partial charge >= 0.3 is 5.97 Å². The fraction of sp³-hybridized carbons (Fsp3) is 0.400. The molecule has 1 aromatic rings. The molecule has 2 atom stereocenters. The molecule has 0 aromatic carbocycles. The highest BCUT2D eigenvalue weighted by molar-refractivity contribution is 7.84. The average Bonchev–Trinajstić information content (AvgIpc) is 2.25. The maximum Gasteiger partial charge on any atom is 0.356 e. The summed E-state index contributed by atoms with van der Waals surface area (Å²) in [5, 5.41) is 11.8. The van der Waals surface area contributed by atoms with E-state index in [0.29, 0.717) is 12.2 Å². The van der Waals surface area contributed by atoms with Gasteiger partial charge < -0.3 is 10.4 Å². The van der Waals surface area contributed by atoms with Gasteiger partial charge in [0.15, 0.2) is 5.69 Å². The van der Waals surface area contributed by atoms with E-state index < -0.39 is 16.8 Å². The quantitative estimate of drug-likeness (QED) is 0.804. The van der Waals surface area contributed by atoms with Crippen LogP contribution in [0.25, 0.3) is 0 Å². The van der Waals surface area contributed by atoms with Crippen LogP contribution >= 0.6 is 0 Å². The molecule has 0 aliphatic rings. The number of carbonyl (C=O) groups is 1. The van der Waals surface area contributed by atoms with Crippen molar-refractivity contribution in [1.29, 1.82) is 0 Å². The van der Waals surface area contributed by atoms with E-state index >= 15 is 0 Å². The Kier molecular flexibility index (Phi) is 4.42. The number of hydrogen-bond acceptors (Lipinski definition) is 4. The summed E-state index contributed by atoms with van der Waals surface area (Å²) in [5.74, 6) is -1.08. The molecule has 0 bridgehead atoms. The molecule has 2 N–H and O–H groups in total. The van der Waals surface area contributed by atoms with Gasteiger partial charge in [0.25, 0.3) is 0 Å². The van der Waals surface area contributed by atoms with E-state index in [9.17, 15) is 9.00 Å². The van der Waals surface area contributed by atoms with Crippen LogP contribution in [0.4, 0.5) is 5.69 Å². The third kappa shape index (κ3) is 3.30. The minimum Gasteiger partial charge on any atom is -0.476 e. The molecule has 0 radical (unpaired) electrons. The number of hydrogen-bond donors (Lipinski definition) is 2. The molecule has 6 heteroatoms. The van der Waals surface area contributed by atoms with Crippen molar-refractivity contribution in [3.63, 3.8) is 0 Å². The predicted octanol–water partition coefficient (Wildman–Crippen LogP) is 0.959. The molecule has 88 valence electrons. The Balaban J connectivity index is 2.74.